The van der Waals surface area contributed by atoms with Gasteiger partial charge in [-0.25, -0.2) is 0 Å². The molecule has 3 nitrogen and oxygen atoms in total. The van der Waals surface area contributed by atoms with E-state index in [1.165, 1.54) is 0 Å². The predicted molar refractivity (Wildman–Crippen MR) is 56.3 cm³/mol. The summed E-state index contributed by atoms with van der Waals surface area (Å²) in [4.78, 5) is 13.6. The second-order valence-electron chi connectivity index (χ2n) is 3.97. The van der Waals surface area contributed by atoms with E-state index in [2.05, 4.69) is 4.90 Å². The lowest BCUT2D eigenvalue weighted by molar-refractivity contribution is -0.125. The van der Waals surface area contributed by atoms with Crippen LogP contribution in [0.4, 0.5) is 0 Å². The molecular weight excluding hydrogens is 178 g/mol. The SMILES string of the molecule is CCOCCCN1CCC(=O)[C@H](C)C1. The van der Waals surface area contributed by atoms with Crippen molar-refractivity contribution in [3.63, 3.8) is 0 Å². The first kappa shape index (κ1) is 11.7. The minimum absolute atomic E-state index is 0.232. The van der Waals surface area contributed by atoms with Gasteiger partial charge in [0.1, 0.15) is 5.78 Å². The van der Waals surface area contributed by atoms with Crippen molar-refractivity contribution in [2.24, 2.45) is 5.92 Å². The van der Waals surface area contributed by atoms with Crippen LogP contribution < -0.4 is 0 Å². The third kappa shape index (κ3) is 3.76. The molecule has 1 aliphatic heterocycles. The molecule has 0 aliphatic carbocycles. The molecule has 0 unspecified atom stereocenters. The van der Waals surface area contributed by atoms with Gasteiger partial charge in [-0.15, -0.1) is 0 Å². The van der Waals surface area contributed by atoms with Gasteiger partial charge in [0, 0.05) is 45.2 Å². The number of ether oxygens (including phenoxy) is 1. The van der Waals surface area contributed by atoms with E-state index in [4.69, 9.17) is 4.74 Å². The molecule has 0 aromatic heterocycles. The standard InChI is InChI=1S/C11H21NO2/c1-3-14-8-4-6-12-7-5-11(13)10(2)9-12/h10H,3-9H2,1-2H3/t10-/m1/s1. The summed E-state index contributed by atoms with van der Waals surface area (Å²) >= 11 is 0. The molecule has 0 aromatic rings. The summed E-state index contributed by atoms with van der Waals surface area (Å²) in [6, 6.07) is 0. The molecule has 1 rings (SSSR count). The smallest absolute Gasteiger partial charge is 0.138 e. The molecule has 1 fully saturated rings. The van der Waals surface area contributed by atoms with Gasteiger partial charge >= 0.3 is 0 Å². The third-order valence-electron chi connectivity index (χ3n) is 2.72. The second-order valence-corrected chi connectivity index (χ2v) is 3.97. The first-order valence-corrected chi connectivity index (χ1v) is 5.57. The van der Waals surface area contributed by atoms with Gasteiger partial charge in [0.2, 0.25) is 0 Å². The summed E-state index contributed by atoms with van der Waals surface area (Å²) in [6.45, 7) is 8.63. The molecular formula is C11H21NO2. The molecule has 1 saturated heterocycles. The van der Waals surface area contributed by atoms with Crippen molar-refractivity contribution in [1.82, 2.24) is 4.90 Å². The Morgan fingerprint density at radius 3 is 3.00 bits per heavy atom. The maximum absolute atomic E-state index is 11.3. The van der Waals surface area contributed by atoms with Crippen LogP contribution in [0.15, 0.2) is 0 Å². The summed E-state index contributed by atoms with van der Waals surface area (Å²) in [5.41, 5.74) is 0. The Bertz CT molecular complexity index is 182. The quantitative estimate of drug-likeness (QED) is 0.625. The normalized spacial score (nSPS) is 24.1. The largest absolute Gasteiger partial charge is 0.382 e. The molecule has 1 aliphatic rings. The fraction of sp³-hybridized carbons (Fsp3) is 0.909. The van der Waals surface area contributed by atoms with Crippen LogP contribution in [0.3, 0.4) is 0 Å². The Labute approximate surface area is 86.4 Å². The second kappa shape index (κ2) is 6.14. The highest BCUT2D eigenvalue weighted by Gasteiger charge is 2.22. The Morgan fingerprint density at radius 2 is 2.36 bits per heavy atom. The van der Waals surface area contributed by atoms with Gasteiger partial charge < -0.3 is 9.64 Å². The first-order valence-electron chi connectivity index (χ1n) is 5.57. The van der Waals surface area contributed by atoms with Crippen molar-refractivity contribution < 1.29 is 9.53 Å². The molecule has 0 saturated carbocycles. The van der Waals surface area contributed by atoms with Crippen LogP contribution in [0.2, 0.25) is 0 Å². The number of likely N-dealkylation sites (tertiary alicyclic amines) is 1. The molecule has 3 heteroatoms. The lowest BCUT2D eigenvalue weighted by Crippen LogP contribution is -2.40. The van der Waals surface area contributed by atoms with Crippen LogP contribution in [0.25, 0.3) is 0 Å². The lowest BCUT2D eigenvalue weighted by Gasteiger charge is -2.29. The van der Waals surface area contributed by atoms with Crippen LogP contribution in [0, 0.1) is 5.92 Å². The number of piperidine rings is 1. The zero-order chi connectivity index (χ0) is 10.4. The Kier molecular flexibility index (Phi) is 5.12. The predicted octanol–water partition coefficient (Wildman–Crippen LogP) is 1.32. The monoisotopic (exact) mass is 199 g/mol. The molecule has 0 aromatic carbocycles. The zero-order valence-corrected chi connectivity index (χ0v) is 9.29. The highest BCUT2D eigenvalue weighted by Crippen LogP contribution is 2.12. The van der Waals surface area contributed by atoms with Gasteiger partial charge in [0.15, 0.2) is 0 Å². The van der Waals surface area contributed by atoms with Crippen LogP contribution in [-0.2, 0) is 9.53 Å². The van der Waals surface area contributed by atoms with Gasteiger partial charge in [-0.05, 0) is 13.3 Å². The van der Waals surface area contributed by atoms with E-state index in [0.29, 0.717) is 5.78 Å². The van der Waals surface area contributed by atoms with Gasteiger partial charge in [0.25, 0.3) is 0 Å². The molecule has 0 spiro atoms. The van der Waals surface area contributed by atoms with E-state index in [0.717, 1.165) is 45.7 Å². The van der Waals surface area contributed by atoms with Crippen molar-refractivity contribution in [1.29, 1.82) is 0 Å². The molecule has 0 radical (unpaired) electrons. The van der Waals surface area contributed by atoms with Gasteiger partial charge in [-0.1, -0.05) is 6.92 Å². The number of Topliss-reactive ketones (excluding diaryl/α,β-unsaturated/α-hetero) is 1. The average molecular weight is 199 g/mol. The molecule has 82 valence electrons. The maximum atomic E-state index is 11.3. The summed E-state index contributed by atoms with van der Waals surface area (Å²) in [5.74, 6) is 0.655. The van der Waals surface area contributed by atoms with Crippen molar-refractivity contribution in [3.8, 4) is 0 Å². The van der Waals surface area contributed by atoms with Crippen molar-refractivity contribution in [2.45, 2.75) is 26.7 Å². The van der Waals surface area contributed by atoms with Crippen molar-refractivity contribution in [2.75, 3.05) is 32.8 Å². The number of hydrogen-bond acceptors (Lipinski definition) is 3. The summed E-state index contributed by atoms with van der Waals surface area (Å²) < 4.78 is 5.28. The molecule has 1 atom stereocenters. The highest BCUT2D eigenvalue weighted by atomic mass is 16.5. The van der Waals surface area contributed by atoms with Gasteiger partial charge in [0.05, 0.1) is 0 Å². The van der Waals surface area contributed by atoms with Crippen LogP contribution in [0.5, 0.6) is 0 Å². The summed E-state index contributed by atoms with van der Waals surface area (Å²) in [5, 5.41) is 0. The molecule has 0 N–H and O–H groups in total. The van der Waals surface area contributed by atoms with Gasteiger partial charge in [-0.3, -0.25) is 4.79 Å². The number of rotatable bonds is 5. The minimum Gasteiger partial charge on any atom is -0.382 e. The molecule has 1 heterocycles. The average Bonchev–Trinajstić information content (AvgIpc) is 2.18. The third-order valence-corrected chi connectivity index (χ3v) is 2.72. The Hall–Kier alpha value is -0.410. The summed E-state index contributed by atoms with van der Waals surface area (Å²) in [7, 11) is 0. The number of nitrogens with zero attached hydrogens (tertiary/aromatic N) is 1. The van der Waals surface area contributed by atoms with E-state index in [-0.39, 0.29) is 5.92 Å². The highest BCUT2D eigenvalue weighted by molar-refractivity contribution is 5.81. The minimum atomic E-state index is 0.232. The number of ketones is 1. The Balaban J connectivity index is 2.10. The van der Waals surface area contributed by atoms with E-state index in [9.17, 15) is 4.79 Å². The topological polar surface area (TPSA) is 29.5 Å². The van der Waals surface area contributed by atoms with Crippen molar-refractivity contribution in [3.05, 3.63) is 0 Å². The van der Waals surface area contributed by atoms with E-state index < -0.39 is 0 Å². The molecule has 14 heavy (non-hydrogen) atoms. The van der Waals surface area contributed by atoms with Gasteiger partial charge in [-0.2, -0.15) is 0 Å². The zero-order valence-electron chi connectivity index (χ0n) is 9.29. The van der Waals surface area contributed by atoms with Crippen LogP contribution >= 0.6 is 0 Å². The molecule has 0 bridgehead atoms. The molecule has 0 amide bonds. The number of carbonyl (C=O) groups is 1. The number of carbonyl (C=O) groups excluding carboxylic acids is 1. The lowest BCUT2D eigenvalue weighted by atomic mass is 9.98. The fourth-order valence-electron chi connectivity index (χ4n) is 1.83. The maximum Gasteiger partial charge on any atom is 0.138 e. The number of hydrogen-bond donors (Lipinski definition) is 0. The van der Waals surface area contributed by atoms with E-state index in [1.54, 1.807) is 0 Å². The van der Waals surface area contributed by atoms with E-state index in [1.807, 2.05) is 13.8 Å². The van der Waals surface area contributed by atoms with Crippen LogP contribution in [0.1, 0.15) is 26.7 Å². The summed E-state index contributed by atoms with van der Waals surface area (Å²) in [6.07, 6.45) is 1.81. The fourth-order valence-corrected chi connectivity index (χ4v) is 1.83. The van der Waals surface area contributed by atoms with E-state index >= 15 is 0 Å². The van der Waals surface area contributed by atoms with Crippen molar-refractivity contribution >= 4 is 5.78 Å². The van der Waals surface area contributed by atoms with Crippen LogP contribution in [-0.4, -0.2) is 43.5 Å². The first-order chi connectivity index (χ1) is 6.74. The Morgan fingerprint density at radius 1 is 1.57 bits per heavy atom.